The van der Waals surface area contributed by atoms with Crippen molar-refractivity contribution in [1.82, 2.24) is 5.01 Å². The van der Waals surface area contributed by atoms with Crippen LogP contribution in [0, 0.1) is 17.2 Å². The summed E-state index contributed by atoms with van der Waals surface area (Å²) in [5.74, 6) is -2.70. The van der Waals surface area contributed by atoms with Crippen LogP contribution in [0.3, 0.4) is 0 Å². The number of aliphatic carboxylic acids is 1. The molecule has 0 radical (unpaired) electrons. The van der Waals surface area contributed by atoms with Crippen LogP contribution in [-0.2, 0) is 9.59 Å². The van der Waals surface area contributed by atoms with E-state index in [1.54, 1.807) is 6.21 Å². The SMILES string of the molecule is N#C[C@@H]1CC=NN1C(=O)[C@@H](N)C1CCCCC1.O=C(O)C(F)(F)F. The third-order valence-electron chi connectivity index (χ3n) is 3.89. The second kappa shape index (κ2) is 8.63. The highest BCUT2D eigenvalue weighted by molar-refractivity contribution is 5.84. The number of alkyl halides is 3. The topological polar surface area (TPSA) is 120 Å². The van der Waals surface area contributed by atoms with Crippen molar-refractivity contribution < 1.29 is 27.9 Å². The fraction of sp³-hybridized carbons (Fsp3) is 0.714. The molecule has 0 aromatic heterocycles. The molecule has 3 N–H and O–H groups in total. The first-order valence-electron chi connectivity index (χ1n) is 7.49. The van der Waals surface area contributed by atoms with E-state index in [2.05, 4.69) is 11.2 Å². The zero-order valence-corrected chi connectivity index (χ0v) is 12.9. The standard InChI is InChI=1S/C12H18N4O.C2HF3O2/c13-8-10-6-7-15-16(10)12(17)11(14)9-4-2-1-3-5-9;3-2(4,5)1(6)7/h7,9-11H,1-6,14H2;(H,6,7)/t10-,11-;/m0./s1. The minimum Gasteiger partial charge on any atom is -0.475 e. The molecule has 0 bridgehead atoms. The summed E-state index contributed by atoms with van der Waals surface area (Å²) in [5.41, 5.74) is 6.01. The van der Waals surface area contributed by atoms with Crippen LogP contribution in [-0.4, -0.2) is 46.5 Å². The van der Waals surface area contributed by atoms with Crippen molar-refractivity contribution in [1.29, 1.82) is 5.26 Å². The van der Waals surface area contributed by atoms with E-state index < -0.39 is 24.2 Å². The molecule has 0 aromatic carbocycles. The van der Waals surface area contributed by atoms with E-state index >= 15 is 0 Å². The van der Waals surface area contributed by atoms with E-state index in [0.717, 1.165) is 25.7 Å². The van der Waals surface area contributed by atoms with Gasteiger partial charge in [0, 0.05) is 12.6 Å². The van der Waals surface area contributed by atoms with Gasteiger partial charge in [0.15, 0.2) is 0 Å². The van der Waals surface area contributed by atoms with Crippen molar-refractivity contribution in [3.05, 3.63) is 0 Å². The molecule has 0 aromatic rings. The van der Waals surface area contributed by atoms with Crippen LogP contribution in [0.15, 0.2) is 5.10 Å². The van der Waals surface area contributed by atoms with Gasteiger partial charge in [-0.15, -0.1) is 0 Å². The van der Waals surface area contributed by atoms with Crippen LogP contribution >= 0.6 is 0 Å². The molecule has 1 saturated carbocycles. The maximum atomic E-state index is 12.1. The minimum atomic E-state index is -5.08. The largest absolute Gasteiger partial charge is 0.490 e. The average Bonchev–Trinajstić information content (AvgIpc) is 3.02. The Morgan fingerprint density at radius 3 is 2.33 bits per heavy atom. The minimum absolute atomic E-state index is 0.197. The number of nitrogens with zero attached hydrogens (tertiary/aromatic N) is 3. The fourth-order valence-electron chi connectivity index (χ4n) is 2.58. The van der Waals surface area contributed by atoms with Crippen molar-refractivity contribution in [2.45, 2.75) is 56.8 Å². The zero-order valence-electron chi connectivity index (χ0n) is 12.9. The lowest BCUT2D eigenvalue weighted by molar-refractivity contribution is -0.192. The quantitative estimate of drug-likeness (QED) is 0.786. The number of carboxylic acids is 1. The maximum Gasteiger partial charge on any atom is 0.490 e. The van der Waals surface area contributed by atoms with Crippen molar-refractivity contribution in [2.75, 3.05) is 0 Å². The van der Waals surface area contributed by atoms with Gasteiger partial charge in [0.05, 0.1) is 12.1 Å². The number of amides is 1. The van der Waals surface area contributed by atoms with Crippen LogP contribution in [0.4, 0.5) is 13.2 Å². The summed E-state index contributed by atoms with van der Waals surface area (Å²) in [6.07, 6.45) is 2.61. The average molecular weight is 348 g/mol. The Bertz CT molecular complexity index is 524. The molecule has 2 rings (SSSR count). The van der Waals surface area contributed by atoms with Gasteiger partial charge < -0.3 is 10.8 Å². The third-order valence-corrected chi connectivity index (χ3v) is 3.89. The molecule has 0 spiro atoms. The fourth-order valence-corrected chi connectivity index (χ4v) is 2.58. The first kappa shape index (κ1) is 19.9. The molecule has 0 saturated heterocycles. The normalized spacial score (nSPS) is 22.3. The van der Waals surface area contributed by atoms with E-state index in [4.69, 9.17) is 20.9 Å². The summed E-state index contributed by atoms with van der Waals surface area (Å²) in [6.45, 7) is 0. The lowest BCUT2D eigenvalue weighted by Crippen LogP contribution is -2.48. The van der Waals surface area contributed by atoms with Gasteiger partial charge in [-0.3, -0.25) is 4.79 Å². The predicted molar refractivity (Wildman–Crippen MR) is 77.6 cm³/mol. The Kier molecular flexibility index (Phi) is 7.16. The summed E-state index contributed by atoms with van der Waals surface area (Å²) < 4.78 is 31.7. The lowest BCUT2D eigenvalue weighted by atomic mass is 9.84. The van der Waals surface area contributed by atoms with Crippen molar-refractivity contribution >= 4 is 18.1 Å². The molecule has 0 unspecified atom stereocenters. The third kappa shape index (κ3) is 5.49. The van der Waals surface area contributed by atoms with E-state index in [1.165, 1.54) is 11.4 Å². The molecule has 10 heteroatoms. The maximum absolute atomic E-state index is 12.1. The number of hydrazone groups is 1. The monoisotopic (exact) mass is 348 g/mol. The van der Waals surface area contributed by atoms with Gasteiger partial charge in [0.1, 0.15) is 6.04 Å². The molecule has 7 nitrogen and oxygen atoms in total. The van der Waals surface area contributed by atoms with E-state index in [0.29, 0.717) is 6.42 Å². The Balaban J connectivity index is 0.000000351. The lowest BCUT2D eigenvalue weighted by Gasteiger charge is -2.29. The molecule has 2 atom stereocenters. The summed E-state index contributed by atoms with van der Waals surface area (Å²) in [6, 6.07) is 1.12. The molecule has 2 aliphatic rings. The van der Waals surface area contributed by atoms with Gasteiger partial charge in [-0.25, -0.2) is 9.80 Å². The van der Waals surface area contributed by atoms with Gasteiger partial charge in [0.25, 0.3) is 5.91 Å². The number of rotatable bonds is 2. The first-order chi connectivity index (χ1) is 11.2. The molecule has 1 heterocycles. The summed E-state index contributed by atoms with van der Waals surface area (Å²) in [5, 5.41) is 21.3. The van der Waals surface area contributed by atoms with E-state index in [1.807, 2.05) is 0 Å². The molecule has 1 aliphatic heterocycles. The second-order valence-electron chi connectivity index (χ2n) is 5.59. The Morgan fingerprint density at radius 1 is 1.33 bits per heavy atom. The van der Waals surface area contributed by atoms with Crippen molar-refractivity contribution in [3.63, 3.8) is 0 Å². The second-order valence-corrected chi connectivity index (χ2v) is 5.59. The number of hydrogen-bond donors (Lipinski definition) is 2. The summed E-state index contributed by atoms with van der Waals surface area (Å²) in [7, 11) is 0. The van der Waals surface area contributed by atoms with Crippen LogP contribution in [0.5, 0.6) is 0 Å². The van der Waals surface area contributed by atoms with Gasteiger partial charge in [-0.2, -0.15) is 23.5 Å². The van der Waals surface area contributed by atoms with Crippen LogP contribution in [0.1, 0.15) is 38.5 Å². The number of carbonyl (C=O) groups excluding carboxylic acids is 1. The Labute approximate surface area is 136 Å². The molecule has 1 fully saturated rings. The highest BCUT2D eigenvalue weighted by atomic mass is 19.4. The smallest absolute Gasteiger partial charge is 0.475 e. The van der Waals surface area contributed by atoms with Crippen molar-refractivity contribution in [2.24, 2.45) is 16.8 Å². The number of hydrogen-bond acceptors (Lipinski definition) is 5. The van der Waals surface area contributed by atoms with Crippen molar-refractivity contribution in [3.8, 4) is 6.07 Å². The number of nitriles is 1. The van der Waals surface area contributed by atoms with Gasteiger partial charge >= 0.3 is 12.1 Å². The number of carboxylic acid groups (broad SMARTS) is 1. The molecular weight excluding hydrogens is 329 g/mol. The molecule has 24 heavy (non-hydrogen) atoms. The van der Waals surface area contributed by atoms with Gasteiger partial charge in [-0.1, -0.05) is 19.3 Å². The molecule has 1 aliphatic carbocycles. The number of nitrogens with two attached hydrogens (primary N) is 1. The van der Waals surface area contributed by atoms with E-state index in [9.17, 15) is 18.0 Å². The zero-order chi connectivity index (χ0) is 18.3. The molecule has 134 valence electrons. The number of carbonyl (C=O) groups is 2. The molecule has 1 amide bonds. The predicted octanol–water partition coefficient (Wildman–Crippen LogP) is 1.64. The van der Waals surface area contributed by atoms with E-state index in [-0.39, 0.29) is 11.8 Å². The van der Waals surface area contributed by atoms with Crippen LogP contribution in [0.2, 0.25) is 0 Å². The summed E-state index contributed by atoms with van der Waals surface area (Å²) in [4.78, 5) is 21.0. The Morgan fingerprint density at radius 2 is 1.88 bits per heavy atom. The van der Waals surface area contributed by atoms with Gasteiger partial charge in [-0.05, 0) is 18.8 Å². The Hall–Kier alpha value is -2.15. The number of halogens is 3. The summed E-state index contributed by atoms with van der Waals surface area (Å²) >= 11 is 0. The highest BCUT2D eigenvalue weighted by Crippen LogP contribution is 2.27. The first-order valence-corrected chi connectivity index (χ1v) is 7.49. The van der Waals surface area contributed by atoms with Crippen LogP contribution < -0.4 is 5.73 Å². The van der Waals surface area contributed by atoms with Crippen LogP contribution in [0.25, 0.3) is 0 Å². The van der Waals surface area contributed by atoms with Gasteiger partial charge in [0.2, 0.25) is 0 Å². The highest BCUT2D eigenvalue weighted by Gasteiger charge is 2.38. The molecular formula is C14H19F3N4O3.